The van der Waals surface area contributed by atoms with E-state index < -0.39 is 97.5 Å². The van der Waals surface area contributed by atoms with E-state index in [1.165, 1.54) is 231 Å². The smallest absolute Gasteiger partial charge is 0.462 e. The van der Waals surface area contributed by atoms with E-state index >= 15 is 0 Å². The van der Waals surface area contributed by atoms with Gasteiger partial charge in [-0.05, 0) is 31.6 Å². The average molecular weight is 1410 g/mol. The van der Waals surface area contributed by atoms with Gasteiger partial charge in [-0.3, -0.25) is 37.3 Å². The predicted molar refractivity (Wildman–Crippen MR) is 391 cm³/mol. The highest BCUT2D eigenvalue weighted by molar-refractivity contribution is 7.47. The van der Waals surface area contributed by atoms with Crippen molar-refractivity contribution in [3.05, 3.63) is 0 Å². The molecule has 0 aromatic carbocycles. The summed E-state index contributed by atoms with van der Waals surface area (Å²) in [5.74, 6) is -1.31. The number of aliphatic hydroxyl groups excluding tert-OH is 1. The molecule has 19 heteroatoms. The van der Waals surface area contributed by atoms with Crippen molar-refractivity contribution in [1.29, 1.82) is 0 Å². The van der Waals surface area contributed by atoms with Crippen molar-refractivity contribution in [3.63, 3.8) is 0 Å². The molecule has 0 aromatic heterocycles. The summed E-state index contributed by atoms with van der Waals surface area (Å²) in [6.45, 7) is 7.33. The maximum Gasteiger partial charge on any atom is 0.472 e. The SMILES string of the molecule is CCCCCCCCCCCCCCCCCCC(=O)OC[C@H](COP(=O)(O)OC[C@@H](O)COP(=O)(O)OC[C@@H](COC(=O)CCCCCCCCCCCC)OC(=O)CCCCCCCCCCCCC(C)CC)OC(=O)CCCCCCCCCCCCCCCCCC. The molecule has 3 N–H and O–H groups in total. The van der Waals surface area contributed by atoms with Crippen LogP contribution in [0.15, 0.2) is 0 Å². The molecule has 0 radical (unpaired) electrons. The Kier molecular flexibility index (Phi) is 68.7. The van der Waals surface area contributed by atoms with E-state index in [1.807, 2.05) is 0 Å². The number of carbonyl (C=O) groups excluding carboxylic acids is 4. The van der Waals surface area contributed by atoms with Gasteiger partial charge in [0.25, 0.3) is 0 Å². The normalized spacial score (nSPS) is 14.2. The number of hydrogen-bond donors (Lipinski definition) is 3. The van der Waals surface area contributed by atoms with Crippen LogP contribution in [0.1, 0.15) is 407 Å². The Morgan fingerprint density at radius 3 is 0.740 bits per heavy atom. The van der Waals surface area contributed by atoms with Gasteiger partial charge in [0.2, 0.25) is 0 Å². The molecule has 0 rings (SSSR count). The number of hydrogen-bond acceptors (Lipinski definition) is 15. The number of rotatable bonds is 77. The lowest BCUT2D eigenvalue weighted by molar-refractivity contribution is -0.161. The summed E-state index contributed by atoms with van der Waals surface area (Å²) in [5.41, 5.74) is 0. The molecule has 0 aromatic rings. The molecule has 0 saturated carbocycles. The predicted octanol–water partition coefficient (Wildman–Crippen LogP) is 22.9. The minimum Gasteiger partial charge on any atom is -0.462 e. The van der Waals surface area contributed by atoms with Crippen LogP contribution in [0.3, 0.4) is 0 Å². The van der Waals surface area contributed by atoms with Gasteiger partial charge in [0.15, 0.2) is 12.2 Å². The van der Waals surface area contributed by atoms with Crippen molar-refractivity contribution < 1.29 is 80.2 Å². The topological polar surface area (TPSA) is 237 Å². The van der Waals surface area contributed by atoms with Gasteiger partial charge in [-0.2, -0.15) is 0 Å². The van der Waals surface area contributed by atoms with Crippen molar-refractivity contribution >= 4 is 39.5 Å². The molecule has 0 spiro atoms. The quantitative estimate of drug-likeness (QED) is 0.0222. The Labute approximate surface area is 588 Å². The molecule has 6 atom stereocenters. The molecule has 96 heavy (non-hydrogen) atoms. The minimum absolute atomic E-state index is 0.107. The molecule has 3 unspecified atom stereocenters. The fraction of sp³-hybridized carbons (Fsp3) is 0.948. The Morgan fingerprint density at radius 1 is 0.292 bits per heavy atom. The van der Waals surface area contributed by atoms with Gasteiger partial charge < -0.3 is 33.8 Å². The van der Waals surface area contributed by atoms with Crippen molar-refractivity contribution in [3.8, 4) is 0 Å². The molecule has 0 aliphatic carbocycles. The summed E-state index contributed by atoms with van der Waals surface area (Å²) in [7, 11) is -9.91. The van der Waals surface area contributed by atoms with E-state index in [2.05, 4.69) is 34.6 Å². The Hall–Kier alpha value is -1.94. The second-order valence-corrected chi connectivity index (χ2v) is 30.9. The van der Waals surface area contributed by atoms with Crippen molar-refractivity contribution in [2.75, 3.05) is 39.6 Å². The van der Waals surface area contributed by atoms with E-state index in [4.69, 9.17) is 37.0 Å². The van der Waals surface area contributed by atoms with Crippen LogP contribution in [-0.4, -0.2) is 96.7 Å². The van der Waals surface area contributed by atoms with Gasteiger partial charge in [0.1, 0.15) is 19.3 Å². The summed E-state index contributed by atoms with van der Waals surface area (Å²) in [6, 6.07) is 0. The summed E-state index contributed by atoms with van der Waals surface area (Å²) in [5, 5.41) is 10.6. The third-order valence-electron chi connectivity index (χ3n) is 18.4. The number of phosphoric acid groups is 2. The Morgan fingerprint density at radius 2 is 0.500 bits per heavy atom. The zero-order valence-electron chi connectivity index (χ0n) is 62.5. The second-order valence-electron chi connectivity index (χ2n) is 28.0. The first-order chi connectivity index (χ1) is 46.6. The van der Waals surface area contributed by atoms with Gasteiger partial charge >= 0.3 is 39.5 Å². The minimum atomic E-state index is -4.96. The molecular weight excluding hydrogens is 1260 g/mol. The zero-order valence-corrected chi connectivity index (χ0v) is 64.3. The number of unbranched alkanes of at least 4 members (excludes halogenated alkanes) is 48. The van der Waals surface area contributed by atoms with Gasteiger partial charge in [-0.1, -0.05) is 356 Å². The first-order valence-corrected chi connectivity index (χ1v) is 43.2. The molecule has 17 nitrogen and oxygen atoms in total. The molecule has 0 aliphatic rings. The third kappa shape index (κ3) is 69.2. The molecule has 0 bridgehead atoms. The lowest BCUT2D eigenvalue weighted by atomic mass is 9.99. The van der Waals surface area contributed by atoms with Crippen LogP contribution in [0.2, 0.25) is 0 Å². The molecule has 0 heterocycles. The van der Waals surface area contributed by atoms with Crippen LogP contribution in [0.25, 0.3) is 0 Å². The number of aliphatic hydroxyl groups is 1. The van der Waals surface area contributed by atoms with Crippen molar-refractivity contribution in [2.24, 2.45) is 5.92 Å². The molecule has 0 saturated heterocycles. The lowest BCUT2D eigenvalue weighted by Crippen LogP contribution is -2.30. The van der Waals surface area contributed by atoms with Crippen molar-refractivity contribution in [2.45, 2.75) is 425 Å². The standard InChI is InChI=1S/C77H150O17P2/c1-6-10-13-16-19-22-25-27-29-31-33-35-41-46-51-56-61-75(80)88-67-73(93-76(81)62-57-52-47-42-36-34-32-30-28-26-23-20-17-14-11-7-2)69-92-96(85,86)90-65-71(78)64-89-95(83,84)91-68-72(66-87-74(79)60-55-50-45-40-24-21-18-15-12-8-3)94-77(82)63-58-53-48-43-38-37-39-44-49-54-59-70(5)9-4/h70-73,78H,6-69H2,1-5H3,(H,83,84)(H,85,86)/t70?,71-,72+,73+/m0/s1. The molecule has 0 aliphatic heterocycles. The lowest BCUT2D eigenvalue weighted by Gasteiger charge is -2.21. The number of ether oxygens (including phenoxy) is 4. The first-order valence-electron chi connectivity index (χ1n) is 40.2. The maximum atomic E-state index is 13.1. The molecule has 570 valence electrons. The highest BCUT2D eigenvalue weighted by atomic mass is 31.2. The zero-order chi connectivity index (χ0) is 70.5. The Balaban J connectivity index is 5.25. The maximum absolute atomic E-state index is 13.1. The summed E-state index contributed by atoms with van der Waals surface area (Å²) < 4.78 is 68.6. The summed E-state index contributed by atoms with van der Waals surface area (Å²) in [6.07, 6.45) is 59.4. The van der Waals surface area contributed by atoms with Crippen LogP contribution in [0.5, 0.6) is 0 Å². The van der Waals surface area contributed by atoms with Crippen LogP contribution in [0.4, 0.5) is 0 Å². The number of esters is 4. The summed E-state index contributed by atoms with van der Waals surface area (Å²) in [4.78, 5) is 72.9. The third-order valence-corrected chi connectivity index (χ3v) is 20.3. The summed E-state index contributed by atoms with van der Waals surface area (Å²) >= 11 is 0. The van der Waals surface area contributed by atoms with E-state index in [0.29, 0.717) is 25.7 Å². The van der Waals surface area contributed by atoms with E-state index in [9.17, 15) is 43.2 Å². The Bertz CT molecular complexity index is 1840. The highest BCUT2D eigenvalue weighted by Gasteiger charge is 2.30. The number of phosphoric ester groups is 2. The van der Waals surface area contributed by atoms with Gasteiger partial charge in [0.05, 0.1) is 26.4 Å². The van der Waals surface area contributed by atoms with E-state index in [-0.39, 0.29) is 25.7 Å². The fourth-order valence-corrected chi connectivity index (χ4v) is 13.4. The fourth-order valence-electron chi connectivity index (χ4n) is 11.8. The molecular formula is C77H150O17P2. The molecule has 0 amide bonds. The first kappa shape index (κ1) is 94.1. The van der Waals surface area contributed by atoms with Crippen LogP contribution < -0.4 is 0 Å². The van der Waals surface area contributed by atoms with Gasteiger partial charge in [-0.15, -0.1) is 0 Å². The second kappa shape index (κ2) is 70.1. The van der Waals surface area contributed by atoms with Crippen molar-refractivity contribution in [1.82, 2.24) is 0 Å². The van der Waals surface area contributed by atoms with E-state index in [1.54, 1.807) is 0 Å². The monoisotopic (exact) mass is 1410 g/mol. The van der Waals surface area contributed by atoms with Crippen LogP contribution >= 0.6 is 15.6 Å². The largest absolute Gasteiger partial charge is 0.472 e. The van der Waals surface area contributed by atoms with Gasteiger partial charge in [-0.25, -0.2) is 9.13 Å². The average Bonchev–Trinajstić information content (AvgIpc) is 1.43. The molecule has 0 fully saturated rings. The van der Waals surface area contributed by atoms with E-state index in [0.717, 1.165) is 95.8 Å². The van der Waals surface area contributed by atoms with Crippen LogP contribution in [0, 0.1) is 5.92 Å². The number of carbonyl (C=O) groups is 4. The highest BCUT2D eigenvalue weighted by Crippen LogP contribution is 2.45. The van der Waals surface area contributed by atoms with Crippen LogP contribution in [-0.2, 0) is 65.4 Å². The van der Waals surface area contributed by atoms with Gasteiger partial charge in [0, 0.05) is 25.7 Å².